The molecular formula is C22H21N3O2. The minimum atomic E-state index is -0.496. The minimum absolute atomic E-state index is 0.395. The molecule has 136 valence electrons. The summed E-state index contributed by atoms with van der Waals surface area (Å²) in [5, 5.41) is 4.50. The van der Waals surface area contributed by atoms with Crippen LogP contribution < -0.4 is 4.90 Å². The second-order valence-electron chi connectivity index (χ2n) is 6.81. The fraction of sp³-hybridized carbons (Fsp3) is 0.227. The van der Waals surface area contributed by atoms with Gasteiger partial charge in [-0.1, -0.05) is 36.4 Å². The van der Waals surface area contributed by atoms with Crippen molar-refractivity contribution in [2.75, 3.05) is 11.4 Å². The van der Waals surface area contributed by atoms with Crippen molar-refractivity contribution >= 4 is 17.4 Å². The number of hydrogen-bond acceptors (Lipinski definition) is 3. The first-order valence-corrected chi connectivity index (χ1v) is 9.13. The smallest absolute Gasteiger partial charge is 0.299 e. The number of ketones is 1. The largest absolute Gasteiger partial charge is 0.305 e. The molecule has 0 bridgehead atoms. The maximum absolute atomic E-state index is 13.1. The van der Waals surface area contributed by atoms with E-state index < -0.39 is 11.7 Å². The summed E-state index contributed by atoms with van der Waals surface area (Å²) >= 11 is 0. The molecule has 1 aliphatic heterocycles. The fourth-order valence-electron chi connectivity index (χ4n) is 3.77. The Morgan fingerprint density at radius 2 is 1.67 bits per heavy atom. The van der Waals surface area contributed by atoms with Gasteiger partial charge in [0.05, 0.1) is 22.6 Å². The first-order valence-electron chi connectivity index (χ1n) is 9.13. The molecule has 0 aliphatic carbocycles. The first-order chi connectivity index (χ1) is 13.1. The molecule has 0 N–H and O–H groups in total. The van der Waals surface area contributed by atoms with E-state index in [-0.39, 0.29) is 0 Å². The third-order valence-electron chi connectivity index (χ3n) is 5.07. The lowest BCUT2D eigenvalue weighted by atomic mass is 10.00. The van der Waals surface area contributed by atoms with Crippen LogP contribution in [0.2, 0.25) is 0 Å². The number of benzene rings is 2. The third-order valence-corrected chi connectivity index (χ3v) is 5.07. The Labute approximate surface area is 158 Å². The molecule has 2 aromatic carbocycles. The molecule has 1 aromatic heterocycles. The van der Waals surface area contributed by atoms with Crippen molar-refractivity contribution in [1.29, 1.82) is 0 Å². The molecule has 0 radical (unpaired) electrons. The monoisotopic (exact) mass is 359 g/mol. The number of amides is 1. The van der Waals surface area contributed by atoms with Crippen molar-refractivity contribution in [2.24, 2.45) is 0 Å². The van der Waals surface area contributed by atoms with Crippen LogP contribution in [0.1, 0.15) is 33.7 Å². The molecular weight excluding hydrogens is 338 g/mol. The summed E-state index contributed by atoms with van der Waals surface area (Å²) in [6, 6.07) is 17.4. The topological polar surface area (TPSA) is 55.2 Å². The van der Waals surface area contributed by atoms with Crippen LogP contribution in [-0.4, -0.2) is 28.0 Å². The quantitative estimate of drug-likeness (QED) is 0.530. The number of nitrogens with zero attached hydrogens (tertiary/aromatic N) is 3. The fourth-order valence-corrected chi connectivity index (χ4v) is 3.77. The van der Waals surface area contributed by atoms with E-state index in [9.17, 15) is 9.59 Å². The Balaban J connectivity index is 1.70. The first kappa shape index (κ1) is 17.2. The standard InChI is InChI=1S/C22H21N3O2/c1-15-20(16(2)25(23-15)18-11-4-3-5-12-18)21(26)22(27)24-14-8-10-17-9-6-7-13-19(17)24/h3-7,9,11-13H,8,10,14H2,1-2H3. The SMILES string of the molecule is Cc1nn(-c2ccccc2)c(C)c1C(=O)C(=O)N1CCCc2ccccc21. The molecule has 3 aromatic rings. The number of carbonyl (C=O) groups is 2. The molecule has 1 aliphatic rings. The average molecular weight is 359 g/mol. The van der Waals surface area contributed by atoms with Crippen molar-refractivity contribution < 1.29 is 9.59 Å². The van der Waals surface area contributed by atoms with E-state index in [1.165, 1.54) is 0 Å². The Morgan fingerprint density at radius 1 is 0.963 bits per heavy atom. The van der Waals surface area contributed by atoms with Gasteiger partial charge in [0, 0.05) is 12.2 Å². The number of anilines is 1. The van der Waals surface area contributed by atoms with Gasteiger partial charge in [-0.05, 0) is 50.5 Å². The molecule has 5 heteroatoms. The van der Waals surface area contributed by atoms with Gasteiger partial charge in [-0.2, -0.15) is 5.10 Å². The van der Waals surface area contributed by atoms with E-state index in [4.69, 9.17) is 0 Å². The zero-order valence-corrected chi connectivity index (χ0v) is 15.5. The van der Waals surface area contributed by atoms with Gasteiger partial charge in [0.15, 0.2) is 0 Å². The number of hydrogen-bond donors (Lipinski definition) is 0. The van der Waals surface area contributed by atoms with Crippen molar-refractivity contribution in [1.82, 2.24) is 9.78 Å². The van der Waals surface area contributed by atoms with Crippen LogP contribution in [0.5, 0.6) is 0 Å². The molecule has 2 heterocycles. The highest BCUT2D eigenvalue weighted by molar-refractivity contribution is 6.47. The van der Waals surface area contributed by atoms with Gasteiger partial charge in [-0.25, -0.2) is 4.68 Å². The van der Waals surface area contributed by atoms with E-state index in [1.807, 2.05) is 61.5 Å². The van der Waals surface area contributed by atoms with E-state index >= 15 is 0 Å². The highest BCUT2D eigenvalue weighted by Gasteiger charge is 2.31. The molecule has 0 spiro atoms. The second-order valence-corrected chi connectivity index (χ2v) is 6.81. The van der Waals surface area contributed by atoms with Gasteiger partial charge < -0.3 is 4.90 Å². The zero-order chi connectivity index (χ0) is 19.0. The van der Waals surface area contributed by atoms with Crippen LogP contribution in [0.3, 0.4) is 0 Å². The molecule has 0 saturated heterocycles. The Kier molecular flexibility index (Phi) is 4.36. The molecule has 27 heavy (non-hydrogen) atoms. The van der Waals surface area contributed by atoms with Crippen molar-refractivity contribution in [3.63, 3.8) is 0 Å². The summed E-state index contributed by atoms with van der Waals surface area (Å²) in [5.74, 6) is -0.982. The average Bonchev–Trinajstić information content (AvgIpc) is 3.01. The lowest BCUT2D eigenvalue weighted by Gasteiger charge is -2.28. The Morgan fingerprint density at radius 3 is 2.44 bits per heavy atom. The number of fused-ring (bicyclic) bond motifs is 1. The van der Waals surface area contributed by atoms with Gasteiger partial charge in [0.25, 0.3) is 11.7 Å². The van der Waals surface area contributed by atoms with Gasteiger partial charge in [-0.3, -0.25) is 9.59 Å². The predicted molar refractivity (Wildman–Crippen MR) is 104 cm³/mol. The highest BCUT2D eigenvalue weighted by Crippen LogP contribution is 2.28. The Bertz CT molecular complexity index is 1020. The second kappa shape index (κ2) is 6.83. The highest BCUT2D eigenvalue weighted by atomic mass is 16.2. The number of aromatic nitrogens is 2. The van der Waals surface area contributed by atoms with Gasteiger partial charge in [0.1, 0.15) is 0 Å². The molecule has 0 atom stereocenters. The van der Waals surface area contributed by atoms with Gasteiger partial charge in [-0.15, -0.1) is 0 Å². The summed E-state index contributed by atoms with van der Waals surface area (Å²) in [4.78, 5) is 27.8. The molecule has 5 nitrogen and oxygen atoms in total. The summed E-state index contributed by atoms with van der Waals surface area (Å²) in [6.45, 7) is 4.17. The summed E-state index contributed by atoms with van der Waals surface area (Å²) in [6.07, 6.45) is 1.79. The molecule has 1 amide bonds. The number of carbonyl (C=O) groups excluding carboxylic acids is 2. The van der Waals surface area contributed by atoms with Gasteiger partial charge >= 0.3 is 0 Å². The molecule has 0 fully saturated rings. The number of para-hydroxylation sites is 2. The van der Waals surface area contributed by atoms with Gasteiger partial charge in [0.2, 0.25) is 0 Å². The summed E-state index contributed by atoms with van der Waals surface area (Å²) in [7, 11) is 0. The number of Topliss-reactive ketones (excluding diaryl/α,β-unsaturated/α-hetero) is 1. The number of rotatable bonds is 3. The summed E-state index contributed by atoms with van der Waals surface area (Å²) < 4.78 is 1.72. The molecule has 0 unspecified atom stereocenters. The normalized spacial score (nSPS) is 13.3. The molecule has 0 saturated carbocycles. The van der Waals surface area contributed by atoms with Crippen molar-refractivity contribution in [3.8, 4) is 5.69 Å². The van der Waals surface area contributed by atoms with E-state index in [0.717, 1.165) is 29.8 Å². The van der Waals surface area contributed by atoms with Crippen LogP contribution in [0.4, 0.5) is 5.69 Å². The summed E-state index contributed by atoms with van der Waals surface area (Å²) in [5.41, 5.74) is 4.47. The predicted octanol–water partition coefficient (Wildman–Crippen LogP) is 3.65. The lowest BCUT2D eigenvalue weighted by Crippen LogP contribution is -2.40. The maximum Gasteiger partial charge on any atom is 0.299 e. The lowest BCUT2D eigenvalue weighted by molar-refractivity contribution is -0.114. The Hall–Kier alpha value is -3.21. The van der Waals surface area contributed by atoms with E-state index in [2.05, 4.69) is 5.10 Å². The minimum Gasteiger partial charge on any atom is -0.305 e. The molecule has 4 rings (SSSR count). The zero-order valence-electron chi connectivity index (χ0n) is 15.5. The van der Waals surface area contributed by atoms with Crippen molar-refractivity contribution in [3.05, 3.63) is 77.1 Å². The number of aryl methyl sites for hydroxylation is 2. The van der Waals surface area contributed by atoms with Crippen LogP contribution >= 0.6 is 0 Å². The van der Waals surface area contributed by atoms with Crippen LogP contribution in [0.15, 0.2) is 54.6 Å². The van der Waals surface area contributed by atoms with Crippen LogP contribution in [0.25, 0.3) is 5.69 Å². The van der Waals surface area contributed by atoms with Crippen LogP contribution in [0, 0.1) is 13.8 Å². The van der Waals surface area contributed by atoms with Crippen LogP contribution in [-0.2, 0) is 11.2 Å². The third kappa shape index (κ3) is 2.95. The van der Waals surface area contributed by atoms with Crippen molar-refractivity contribution in [2.45, 2.75) is 26.7 Å². The maximum atomic E-state index is 13.1. The van der Waals surface area contributed by atoms with E-state index in [0.29, 0.717) is 23.5 Å². The van der Waals surface area contributed by atoms with E-state index in [1.54, 1.807) is 16.5 Å².